The number of urea groups is 1. The van der Waals surface area contributed by atoms with E-state index in [2.05, 4.69) is 25.8 Å². The molecule has 0 spiro atoms. The highest BCUT2D eigenvalue weighted by Gasteiger charge is 2.39. The van der Waals surface area contributed by atoms with Gasteiger partial charge in [-0.25, -0.2) is 18.6 Å². The Balaban J connectivity index is 1.39. The van der Waals surface area contributed by atoms with Gasteiger partial charge >= 0.3 is 6.03 Å². The Hall–Kier alpha value is -5.08. The van der Waals surface area contributed by atoms with E-state index in [-0.39, 0.29) is 47.1 Å². The van der Waals surface area contributed by atoms with Gasteiger partial charge in [0.25, 0.3) is 5.91 Å². The maximum atomic E-state index is 15.3. The van der Waals surface area contributed by atoms with Crippen LogP contribution in [0.1, 0.15) is 33.6 Å². The summed E-state index contributed by atoms with van der Waals surface area (Å²) in [5.41, 5.74) is 0.490. The SMILES string of the molecule is CCC(CC)N1C=C(C(=O)Nc2ccc(Oc3ccnc4[nH]nc(N[C@H](C)CO)c34)c(F)c2)C(O)N(c2ccc(F)cc2)C1=O. The minimum absolute atomic E-state index is 0.0691. The Morgan fingerprint density at radius 1 is 1.11 bits per heavy atom. The molecule has 5 rings (SSSR count). The second kappa shape index (κ2) is 13.3. The second-order valence-corrected chi connectivity index (χ2v) is 10.5. The van der Waals surface area contributed by atoms with E-state index >= 15 is 4.39 Å². The average molecular weight is 622 g/mol. The minimum Gasteiger partial charge on any atom is -0.453 e. The van der Waals surface area contributed by atoms with Crippen LogP contribution in [0, 0.1) is 11.6 Å². The zero-order valence-corrected chi connectivity index (χ0v) is 24.8. The quantitative estimate of drug-likeness (QED) is 0.155. The van der Waals surface area contributed by atoms with E-state index in [0.29, 0.717) is 29.7 Å². The van der Waals surface area contributed by atoms with Crippen LogP contribution in [-0.2, 0) is 4.79 Å². The molecule has 3 amide bonds. The van der Waals surface area contributed by atoms with Crippen LogP contribution in [0.5, 0.6) is 11.5 Å². The Morgan fingerprint density at radius 3 is 2.51 bits per heavy atom. The number of hydrogen-bond donors (Lipinski definition) is 5. The summed E-state index contributed by atoms with van der Waals surface area (Å²) >= 11 is 0. The summed E-state index contributed by atoms with van der Waals surface area (Å²) in [6, 6.07) is 9.17. The van der Waals surface area contributed by atoms with Gasteiger partial charge in [-0.2, -0.15) is 5.10 Å². The van der Waals surface area contributed by atoms with Crippen molar-refractivity contribution in [3.8, 4) is 11.5 Å². The Kier molecular flexibility index (Phi) is 9.25. The first-order chi connectivity index (χ1) is 21.6. The molecule has 0 saturated heterocycles. The van der Waals surface area contributed by atoms with Crippen LogP contribution in [0.2, 0.25) is 0 Å². The largest absolute Gasteiger partial charge is 0.453 e. The molecule has 2 aromatic carbocycles. The number of carbonyl (C=O) groups is 2. The molecule has 236 valence electrons. The summed E-state index contributed by atoms with van der Waals surface area (Å²) in [4.78, 5) is 33.5. The lowest BCUT2D eigenvalue weighted by Gasteiger charge is -2.40. The van der Waals surface area contributed by atoms with Crippen LogP contribution in [-0.4, -0.2) is 67.2 Å². The lowest BCUT2D eigenvalue weighted by atomic mass is 10.1. The van der Waals surface area contributed by atoms with Crippen molar-refractivity contribution < 1.29 is 33.3 Å². The fraction of sp³-hybridized carbons (Fsp3) is 0.290. The number of anilines is 3. The summed E-state index contributed by atoms with van der Waals surface area (Å²) in [7, 11) is 0. The smallest absolute Gasteiger partial charge is 0.331 e. The number of aliphatic hydroxyl groups excluding tert-OH is 2. The molecule has 5 N–H and O–H groups in total. The molecule has 1 unspecified atom stereocenters. The number of pyridine rings is 1. The molecule has 14 heteroatoms. The molecule has 0 saturated carbocycles. The lowest BCUT2D eigenvalue weighted by Crippen LogP contribution is -2.55. The minimum atomic E-state index is -1.69. The summed E-state index contributed by atoms with van der Waals surface area (Å²) in [6.07, 6.45) is 2.23. The van der Waals surface area contributed by atoms with Gasteiger partial charge in [0.15, 0.2) is 29.3 Å². The molecular formula is C31H33F2N7O5. The summed E-state index contributed by atoms with van der Waals surface area (Å²) < 4.78 is 34.8. The number of nitrogens with one attached hydrogen (secondary N) is 3. The van der Waals surface area contributed by atoms with E-state index in [0.717, 1.165) is 23.1 Å². The van der Waals surface area contributed by atoms with Crippen LogP contribution >= 0.6 is 0 Å². The topological polar surface area (TPSA) is 156 Å². The average Bonchev–Trinajstić information content (AvgIpc) is 3.44. The first-order valence-corrected chi connectivity index (χ1v) is 14.4. The normalized spacial score (nSPS) is 15.8. The van der Waals surface area contributed by atoms with E-state index in [1.807, 2.05) is 13.8 Å². The van der Waals surface area contributed by atoms with E-state index in [9.17, 15) is 24.2 Å². The second-order valence-electron chi connectivity index (χ2n) is 10.5. The fourth-order valence-corrected chi connectivity index (χ4v) is 4.99. The van der Waals surface area contributed by atoms with E-state index in [4.69, 9.17) is 4.74 Å². The van der Waals surface area contributed by atoms with Crippen molar-refractivity contribution in [1.82, 2.24) is 20.1 Å². The first-order valence-electron chi connectivity index (χ1n) is 14.4. The van der Waals surface area contributed by atoms with Crippen molar-refractivity contribution in [2.75, 3.05) is 22.1 Å². The van der Waals surface area contributed by atoms with Crippen LogP contribution in [0.15, 0.2) is 66.5 Å². The molecule has 45 heavy (non-hydrogen) atoms. The molecule has 0 radical (unpaired) electrons. The number of H-pyrrole nitrogens is 1. The molecule has 3 heterocycles. The highest BCUT2D eigenvalue weighted by molar-refractivity contribution is 6.08. The number of rotatable bonds is 11. The summed E-state index contributed by atoms with van der Waals surface area (Å²) in [5, 5.41) is 33.6. The molecule has 12 nitrogen and oxygen atoms in total. The molecule has 2 atom stereocenters. The maximum Gasteiger partial charge on any atom is 0.331 e. The number of ether oxygens (including phenoxy) is 1. The standard InChI is InChI=1S/C31H33F2N7O5/c1-4-20(5-2)39-15-22(30(43)40(31(39)44)21-9-6-18(32)7-10-21)29(42)36-19-8-11-24(23(33)14-19)45-25-12-13-34-27-26(25)28(38-37-27)35-17(3)16-41/h6-15,17,20,30,41,43H,4-5,16H2,1-3H3,(H,36,42)(H2,34,35,37,38)/t17-,30?/m1/s1. The van der Waals surface area contributed by atoms with E-state index in [1.54, 1.807) is 13.0 Å². The number of halogens is 2. The van der Waals surface area contributed by atoms with Crippen molar-refractivity contribution in [1.29, 1.82) is 0 Å². The summed E-state index contributed by atoms with van der Waals surface area (Å²) in [6.45, 7) is 5.40. The van der Waals surface area contributed by atoms with Crippen LogP contribution in [0.25, 0.3) is 11.0 Å². The highest BCUT2D eigenvalue weighted by atomic mass is 19.1. The van der Waals surface area contributed by atoms with Crippen molar-refractivity contribution in [3.63, 3.8) is 0 Å². The Labute approximate surface area is 257 Å². The van der Waals surface area contributed by atoms with Gasteiger partial charge < -0.3 is 25.6 Å². The van der Waals surface area contributed by atoms with Gasteiger partial charge in [0.2, 0.25) is 0 Å². The van der Waals surface area contributed by atoms with Gasteiger partial charge in [0, 0.05) is 48.0 Å². The molecule has 0 aliphatic carbocycles. The maximum absolute atomic E-state index is 15.3. The Bertz CT molecular complexity index is 1730. The van der Waals surface area contributed by atoms with Gasteiger partial charge in [0.1, 0.15) is 17.0 Å². The lowest BCUT2D eigenvalue weighted by molar-refractivity contribution is -0.113. The number of amides is 3. The van der Waals surface area contributed by atoms with Crippen molar-refractivity contribution in [2.24, 2.45) is 0 Å². The van der Waals surface area contributed by atoms with Gasteiger partial charge in [-0.3, -0.25) is 19.7 Å². The van der Waals surface area contributed by atoms with Crippen molar-refractivity contribution in [3.05, 3.63) is 78.1 Å². The molecular weight excluding hydrogens is 588 g/mol. The third kappa shape index (κ3) is 6.42. The van der Waals surface area contributed by atoms with Crippen molar-refractivity contribution in [2.45, 2.75) is 51.9 Å². The number of aromatic amines is 1. The molecule has 0 bridgehead atoms. The van der Waals surface area contributed by atoms with Gasteiger partial charge in [-0.15, -0.1) is 0 Å². The number of aromatic nitrogens is 3. The van der Waals surface area contributed by atoms with Crippen LogP contribution < -0.4 is 20.3 Å². The third-order valence-corrected chi connectivity index (χ3v) is 7.42. The van der Waals surface area contributed by atoms with E-state index in [1.165, 1.54) is 41.6 Å². The predicted octanol–water partition coefficient (Wildman–Crippen LogP) is 5.09. The molecule has 0 fully saturated rings. The van der Waals surface area contributed by atoms with Crippen LogP contribution in [0.4, 0.5) is 30.8 Å². The third-order valence-electron chi connectivity index (χ3n) is 7.42. The monoisotopic (exact) mass is 621 g/mol. The highest BCUT2D eigenvalue weighted by Crippen LogP contribution is 2.35. The number of hydrogen-bond acceptors (Lipinski definition) is 8. The zero-order valence-electron chi connectivity index (χ0n) is 24.8. The number of benzene rings is 2. The molecule has 4 aromatic rings. The molecule has 1 aliphatic heterocycles. The number of nitrogens with zero attached hydrogens (tertiary/aromatic N) is 4. The predicted molar refractivity (Wildman–Crippen MR) is 164 cm³/mol. The van der Waals surface area contributed by atoms with Crippen LogP contribution in [0.3, 0.4) is 0 Å². The fourth-order valence-electron chi connectivity index (χ4n) is 4.99. The molecule has 1 aliphatic rings. The number of aliphatic hydroxyl groups is 2. The zero-order chi connectivity index (χ0) is 32.2. The Morgan fingerprint density at radius 2 is 1.84 bits per heavy atom. The van der Waals surface area contributed by atoms with Gasteiger partial charge in [0.05, 0.1) is 12.2 Å². The summed E-state index contributed by atoms with van der Waals surface area (Å²) in [5.74, 6) is -1.61. The van der Waals surface area contributed by atoms with E-state index < -0.39 is 29.8 Å². The molecule has 2 aromatic heterocycles. The van der Waals surface area contributed by atoms with Gasteiger partial charge in [-0.1, -0.05) is 13.8 Å². The number of fused-ring (bicyclic) bond motifs is 1. The van der Waals surface area contributed by atoms with Crippen molar-refractivity contribution >= 4 is 40.2 Å². The first kappa shape index (κ1) is 31.3. The van der Waals surface area contributed by atoms with Gasteiger partial charge in [-0.05, 0) is 56.2 Å². The number of carbonyl (C=O) groups excluding carboxylic acids is 2.